The molecule has 0 bridgehead atoms. The smallest absolute Gasteiger partial charge is 0.220 e. The first-order chi connectivity index (χ1) is 31.8. The molecule has 0 spiro atoms. The SMILES string of the molecule is C/C=C/CC/C=C/CC/C=C/C(O)C(COC1OC(CO)C(OC2OC(CO)C(OC3OC(CO)C(O)C(O)C3O)C(O)C2O)C(O)C1O)NC(=O)CCCCCCC/C=C\CCCCC. The van der Waals surface area contributed by atoms with E-state index in [9.17, 15) is 61.0 Å². The Kier molecular flexibility index (Phi) is 28.6. The van der Waals surface area contributed by atoms with Crippen LogP contribution in [0.5, 0.6) is 0 Å². The molecule has 382 valence electrons. The summed E-state index contributed by atoms with van der Waals surface area (Å²) in [4.78, 5) is 13.1. The molecule has 12 N–H and O–H groups in total. The molecule has 0 saturated carbocycles. The van der Waals surface area contributed by atoms with Crippen LogP contribution in [0, 0.1) is 0 Å². The fourth-order valence-electron chi connectivity index (χ4n) is 7.87. The highest BCUT2D eigenvalue weighted by atomic mass is 16.8. The van der Waals surface area contributed by atoms with E-state index in [2.05, 4.69) is 42.6 Å². The zero-order valence-corrected chi connectivity index (χ0v) is 38.6. The zero-order valence-electron chi connectivity index (χ0n) is 38.6. The maximum atomic E-state index is 13.1. The first-order valence-electron chi connectivity index (χ1n) is 23.9. The summed E-state index contributed by atoms with van der Waals surface area (Å²) in [5, 5.41) is 119. The number of hydrogen-bond donors (Lipinski definition) is 12. The van der Waals surface area contributed by atoms with E-state index in [1.165, 1.54) is 19.3 Å². The van der Waals surface area contributed by atoms with Crippen LogP contribution in [0.2, 0.25) is 0 Å². The molecule has 3 saturated heterocycles. The molecule has 0 radical (unpaired) electrons. The second-order valence-electron chi connectivity index (χ2n) is 17.2. The van der Waals surface area contributed by atoms with Gasteiger partial charge in [0.2, 0.25) is 5.91 Å². The van der Waals surface area contributed by atoms with E-state index >= 15 is 0 Å². The van der Waals surface area contributed by atoms with Crippen molar-refractivity contribution < 1.29 is 89.4 Å². The molecule has 0 aliphatic carbocycles. The summed E-state index contributed by atoms with van der Waals surface area (Å²) in [5.41, 5.74) is 0. The maximum Gasteiger partial charge on any atom is 0.220 e. The van der Waals surface area contributed by atoms with Crippen LogP contribution in [0.4, 0.5) is 0 Å². The van der Waals surface area contributed by atoms with Crippen LogP contribution in [0.3, 0.4) is 0 Å². The summed E-state index contributed by atoms with van der Waals surface area (Å²) in [7, 11) is 0. The highest BCUT2D eigenvalue weighted by Crippen LogP contribution is 2.33. The van der Waals surface area contributed by atoms with Crippen molar-refractivity contribution in [1.29, 1.82) is 0 Å². The lowest BCUT2D eigenvalue weighted by Crippen LogP contribution is -2.66. The van der Waals surface area contributed by atoms with Crippen molar-refractivity contribution >= 4 is 5.91 Å². The van der Waals surface area contributed by atoms with E-state index in [4.69, 9.17) is 28.4 Å². The normalized spacial score (nSPS) is 34.2. The predicted molar refractivity (Wildman–Crippen MR) is 240 cm³/mol. The fourth-order valence-corrected chi connectivity index (χ4v) is 7.87. The van der Waals surface area contributed by atoms with Gasteiger partial charge in [0, 0.05) is 6.42 Å². The topological polar surface area (TPSA) is 307 Å². The number of nitrogens with one attached hydrogen (secondary N) is 1. The minimum absolute atomic E-state index is 0.219. The molecule has 17 atom stereocenters. The second-order valence-corrected chi connectivity index (χ2v) is 17.2. The lowest BCUT2D eigenvalue weighted by Gasteiger charge is -2.48. The van der Waals surface area contributed by atoms with Gasteiger partial charge in [-0.3, -0.25) is 4.79 Å². The third kappa shape index (κ3) is 18.9. The van der Waals surface area contributed by atoms with Crippen molar-refractivity contribution in [3.63, 3.8) is 0 Å². The van der Waals surface area contributed by atoms with Gasteiger partial charge in [0.05, 0.1) is 38.6 Å². The van der Waals surface area contributed by atoms with Crippen molar-refractivity contribution in [2.45, 2.75) is 214 Å². The second kappa shape index (κ2) is 32.5. The average Bonchev–Trinajstić information content (AvgIpc) is 3.31. The van der Waals surface area contributed by atoms with Gasteiger partial charge in [-0.15, -0.1) is 0 Å². The van der Waals surface area contributed by atoms with Gasteiger partial charge in [0.1, 0.15) is 73.2 Å². The van der Waals surface area contributed by atoms with Crippen molar-refractivity contribution in [2.24, 2.45) is 0 Å². The number of carbonyl (C=O) groups excluding carboxylic acids is 1. The number of aliphatic hydroxyl groups is 11. The highest BCUT2D eigenvalue weighted by Gasteiger charge is 2.53. The number of amides is 1. The van der Waals surface area contributed by atoms with E-state index in [1.807, 2.05) is 13.0 Å². The molecule has 66 heavy (non-hydrogen) atoms. The van der Waals surface area contributed by atoms with Crippen LogP contribution in [-0.4, -0.2) is 193 Å². The van der Waals surface area contributed by atoms with Gasteiger partial charge in [0.15, 0.2) is 18.9 Å². The van der Waals surface area contributed by atoms with E-state index in [1.54, 1.807) is 12.2 Å². The van der Waals surface area contributed by atoms with Gasteiger partial charge in [-0.2, -0.15) is 0 Å². The molecular formula is C47H81NO18. The zero-order chi connectivity index (χ0) is 48.4. The van der Waals surface area contributed by atoms with Crippen molar-refractivity contribution in [2.75, 3.05) is 26.4 Å². The Hall–Kier alpha value is -2.25. The Morgan fingerprint density at radius 1 is 0.561 bits per heavy atom. The predicted octanol–water partition coefficient (Wildman–Crippen LogP) is 0.413. The summed E-state index contributed by atoms with van der Waals surface area (Å²) in [6.07, 6.45) is 3.09. The van der Waals surface area contributed by atoms with Crippen molar-refractivity contribution in [3.05, 3.63) is 48.6 Å². The van der Waals surface area contributed by atoms with Gasteiger partial charge < -0.3 is 89.9 Å². The Bertz CT molecular complexity index is 1410. The molecule has 0 aromatic heterocycles. The number of allylic oxidation sites excluding steroid dienone is 7. The van der Waals surface area contributed by atoms with E-state index < -0.39 is 124 Å². The van der Waals surface area contributed by atoms with Crippen LogP contribution in [0.15, 0.2) is 48.6 Å². The summed E-state index contributed by atoms with van der Waals surface area (Å²) in [6.45, 7) is 1.35. The number of carbonyl (C=O) groups is 1. The molecule has 1 amide bonds. The molecular weight excluding hydrogens is 867 g/mol. The number of aliphatic hydroxyl groups excluding tert-OH is 11. The van der Waals surface area contributed by atoms with Gasteiger partial charge >= 0.3 is 0 Å². The molecule has 3 rings (SSSR count). The number of ether oxygens (including phenoxy) is 6. The Morgan fingerprint density at radius 2 is 1.03 bits per heavy atom. The van der Waals surface area contributed by atoms with Gasteiger partial charge in [-0.25, -0.2) is 0 Å². The van der Waals surface area contributed by atoms with Crippen LogP contribution < -0.4 is 5.32 Å². The molecule has 0 aromatic rings. The van der Waals surface area contributed by atoms with Gasteiger partial charge in [-0.1, -0.05) is 87.6 Å². The van der Waals surface area contributed by atoms with Crippen LogP contribution in [0.25, 0.3) is 0 Å². The Labute approximate surface area is 389 Å². The minimum Gasteiger partial charge on any atom is -0.394 e. The standard InChI is InChI=1S/C47H81NO18/c1-3-5-7-9-11-13-14-15-17-19-21-23-25-35(53)48-30(31(52)24-22-20-18-16-12-10-8-6-4-2)29-61-45-41(59)38(56)43(33(27-50)63-45)66-47-42(60)39(57)44(34(28-51)64-47)65-46-40(58)37(55)36(54)32(26-49)62-46/h4,6,11-13,16,22,24,30-34,36-47,49-52,54-60H,3,5,7-10,14-15,17-21,23,25-29H2,1-2H3,(H,48,53)/b6-4+,13-11-,16-12+,24-22+. The maximum absolute atomic E-state index is 13.1. The molecule has 0 aromatic carbocycles. The van der Waals surface area contributed by atoms with Gasteiger partial charge in [0.25, 0.3) is 0 Å². The van der Waals surface area contributed by atoms with Gasteiger partial charge in [-0.05, 0) is 64.7 Å². The molecule has 3 aliphatic heterocycles. The summed E-state index contributed by atoms with van der Waals surface area (Å²) in [6, 6.07) is -0.996. The molecule has 3 aliphatic rings. The van der Waals surface area contributed by atoms with Crippen LogP contribution in [-0.2, 0) is 33.2 Å². The van der Waals surface area contributed by atoms with E-state index in [0.29, 0.717) is 12.8 Å². The third-order valence-corrected chi connectivity index (χ3v) is 11.9. The molecule has 17 unspecified atom stereocenters. The molecule has 19 heteroatoms. The lowest BCUT2D eigenvalue weighted by molar-refractivity contribution is -0.379. The molecule has 3 heterocycles. The van der Waals surface area contributed by atoms with E-state index in [-0.39, 0.29) is 18.9 Å². The monoisotopic (exact) mass is 948 g/mol. The first kappa shape index (κ1) is 58.1. The third-order valence-electron chi connectivity index (χ3n) is 11.9. The average molecular weight is 948 g/mol. The van der Waals surface area contributed by atoms with Crippen LogP contribution >= 0.6 is 0 Å². The number of hydrogen-bond acceptors (Lipinski definition) is 18. The summed E-state index contributed by atoms with van der Waals surface area (Å²) >= 11 is 0. The lowest BCUT2D eigenvalue weighted by atomic mass is 9.96. The van der Waals surface area contributed by atoms with Crippen LogP contribution in [0.1, 0.15) is 110 Å². The highest BCUT2D eigenvalue weighted by molar-refractivity contribution is 5.76. The molecule has 19 nitrogen and oxygen atoms in total. The Morgan fingerprint density at radius 3 is 1.61 bits per heavy atom. The van der Waals surface area contributed by atoms with Crippen molar-refractivity contribution in [1.82, 2.24) is 5.32 Å². The fraction of sp³-hybridized carbons (Fsp3) is 0.809. The van der Waals surface area contributed by atoms with Crippen molar-refractivity contribution in [3.8, 4) is 0 Å². The number of unbranched alkanes of at least 4 members (excludes halogenated alkanes) is 10. The quantitative estimate of drug-likeness (QED) is 0.0331. The molecule has 3 fully saturated rings. The largest absolute Gasteiger partial charge is 0.394 e. The Balaban J connectivity index is 1.60. The number of rotatable bonds is 31. The summed E-state index contributed by atoms with van der Waals surface area (Å²) < 4.78 is 34.0. The first-order valence-corrected chi connectivity index (χ1v) is 23.9. The summed E-state index contributed by atoms with van der Waals surface area (Å²) in [5.74, 6) is -0.308. The minimum atomic E-state index is -1.98. The van der Waals surface area contributed by atoms with E-state index in [0.717, 1.165) is 57.8 Å².